The highest BCUT2D eigenvalue weighted by Gasteiger charge is 2.45. The molecule has 1 aromatic carbocycles. The van der Waals surface area contributed by atoms with Crippen LogP contribution in [0.2, 0.25) is 0 Å². The van der Waals surface area contributed by atoms with Crippen molar-refractivity contribution in [2.45, 2.75) is 46.1 Å². The van der Waals surface area contributed by atoms with Gasteiger partial charge in [0.25, 0.3) is 0 Å². The summed E-state index contributed by atoms with van der Waals surface area (Å²) in [5, 5.41) is 0. The summed E-state index contributed by atoms with van der Waals surface area (Å²) in [5.41, 5.74) is 7.45. The quantitative estimate of drug-likeness (QED) is 0.546. The molecule has 2 aromatic heterocycles. The van der Waals surface area contributed by atoms with E-state index in [4.69, 9.17) is 10.5 Å². The molecule has 1 unspecified atom stereocenters. The maximum absolute atomic E-state index is 15.0. The topological polar surface area (TPSA) is 95.9 Å². The van der Waals surface area contributed by atoms with Gasteiger partial charge in [-0.05, 0) is 44.9 Å². The highest BCUT2D eigenvalue weighted by atomic mass is 35.5. The molecule has 0 bridgehead atoms. The van der Waals surface area contributed by atoms with Gasteiger partial charge in [-0.3, -0.25) is 4.79 Å². The first-order valence-electron chi connectivity index (χ1n) is 10.1. The van der Waals surface area contributed by atoms with Crippen LogP contribution < -0.4 is 5.73 Å². The maximum Gasteiger partial charge on any atom is 0.318 e. The van der Waals surface area contributed by atoms with E-state index in [-0.39, 0.29) is 43.1 Å². The number of carbonyl (C=O) groups excluding carboxylic acids is 1. The highest BCUT2D eigenvalue weighted by molar-refractivity contribution is 5.89. The number of rotatable bonds is 7. The predicted octanol–water partition coefficient (Wildman–Crippen LogP) is 4.05. The fraction of sp³-hybridized carbons (Fsp3) is 0.455. The number of halogens is 2. The van der Waals surface area contributed by atoms with Crippen LogP contribution in [0.25, 0.3) is 22.4 Å². The van der Waals surface area contributed by atoms with E-state index in [0.29, 0.717) is 22.4 Å². The minimum Gasteiger partial charge on any atom is -0.465 e. The van der Waals surface area contributed by atoms with Crippen molar-refractivity contribution in [1.82, 2.24) is 19.5 Å². The molecule has 31 heavy (non-hydrogen) atoms. The summed E-state index contributed by atoms with van der Waals surface area (Å²) >= 11 is 0. The summed E-state index contributed by atoms with van der Waals surface area (Å²) in [7, 11) is 0. The molecule has 168 valence electrons. The molecule has 2 N–H and O–H groups in total. The maximum atomic E-state index is 15.0. The number of carbonyl (C=O) groups is 1. The lowest BCUT2D eigenvalue weighted by Gasteiger charge is -2.35. The smallest absolute Gasteiger partial charge is 0.318 e. The van der Waals surface area contributed by atoms with Crippen LogP contribution in [-0.2, 0) is 14.9 Å². The summed E-state index contributed by atoms with van der Waals surface area (Å²) < 4.78 is 22.3. The van der Waals surface area contributed by atoms with Gasteiger partial charge in [0, 0.05) is 23.7 Å². The standard InChI is InChI=1S/C22H28FN5O2.ClH/c1-6-30-21(29)22(10-24,13(2)3)16-9-15(7-8-17(16)23)18-19-20(26-11-25-18)28(12-27-19)14(4)5;/h7-9,11-14H,6,10,24H2,1-5H3;1H. The number of nitrogens with zero attached hydrogens (tertiary/aromatic N) is 4. The van der Waals surface area contributed by atoms with Crippen LogP contribution in [-0.4, -0.2) is 38.6 Å². The fourth-order valence-electron chi connectivity index (χ4n) is 3.80. The van der Waals surface area contributed by atoms with Gasteiger partial charge in [0.15, 0.2) is 5.65 Å². The summed E-state index contributed by atoms with van der Waals surface area (Å²) in [4.78, 5) is 26.2. The molecule has 0 fully saturated rings. The zero-order valence-corrected chi connectivity index (χ0v) is 19.2. The molecule has 3 rings (SSSR count). The fourth-order valence-corrected chi connectivity index (χ4v) is 3.80. The number of nitrogens with two attached hydrogens (primary N) is 1. The molecule has 9 heteroatoms. The molecule has 0 saturated heterocycles. The van der Waals surface area contributed by atoms with Crippen molar-refractivity contribution in [1.29, 1.82) is 0 Å². The monoisotopic (exact) mass is 449 g/mol. The summed E-state index contributed by atoms with van der Waals surface area (Å²) in [6.45, 7) is 9.58. The molecule has 1 atom stereocenters. The molecule has 3 aromatic rings. The second-order valence-electron chi connectivity index (χ2n) is 7.89. The average molecular weight is 450 g/mol. The van der Waals surface area contributed by atoms with Crippen molar-refractivity contribution in [3.05, 3.63) is 42.2 Å². The molecular formula is C22H29ClFN5O2. The Morgan fingerprint density at radius 3 is 2.52 bits per heavy atom. The van der Waals surface area contributed by atoms with Crippen molar-refractivity contribution in [2.75, 3.05) is 13.2 Å². The van der Waals surface area contributed by atoms with Crippen molar-refractivity contribution in [3.8, 4) is 11.3 Å². The van der Waals surface area contributed by atoms with Crippen LogP contribution in [0.4, 0.5) is 4.39 Å². The van der Waals surface area contributed by atoms with Gasteiger partial charge in [0.1, 0.15) is 28.8 Å². The third kappa shape index (κ3) is 4.14. The second-order valence-corrected chi connectivity index (χ2v) is 7.89. The van der Waals surface area contributed by atoms with Gasteiger partial charge in [-0.1, -0.05) is 13.8 Å². The molecule has 0 amide bonds. The number of hydrogen-bond donors (Lipinski definition) is 1. The van der Waals surface area contributed by atoms with E-state index in [1.54, 1.807) is 25.4 Å². The Balaban J connectivity index is 0.00000341. The number of benzene rings is 1. The number of esters is 1. The van der Waals surface area contributed by atoms with E-state index in [9.17, 15) is 4.79 Å². The van der Waals surface area contributed by atoms with E-state index in [2.05, 4.69) is 15.0 Å². The Morgan fingerprint density at radius 2 is 1.94 bits per heavy atom. The Kier molecular flexibility index (Phi) is 7.72. The minimum absolute atomic E-state index is 0. The van der Waals surface area contributed by atoms with Crippen molar-refractivity contribution >= 4 is 29.5 Å². The zero-order chi connectivity index (χ0) is 22.1. The van der Waals surface area contributed by atoms with Gasteiger partial charge in [-0.2, -0.15) is 0 Å². The lowest BCUT2D eigenvalue weighted by atomic mass is 9.71. The molecule has 0 aliphatic carbocycles. The van der Waals surface area contributed by atoms with E-state index in [0.717, 1.165) is 0 Å². The first-order valence-corrected chi connectivity index (χ1v) is 10.1. The SMILES string of the molecule is CCOC(=O)C(CN)(c1cc(-c2ncnc3c2ncn3C(C)C)ccc1F)C(C)C.Cl. The number of hydrogen-bond acceptors (Lipinski definition) is 6. The Bertz CT molecular complexity index is 1070. The molecule has 7 nitrogen and oxygen atoms in total. The third-order valence-corrected chi connectivity index (χ3v) is 5.58. The molecule has 0 aliphatic rings. The lowest BCUT2D eigenvalue weighted by Crippen LogP contribution is -2.49. The van der Waals surface area contributed by atoms with E-state index in [1.807, 2.05) is 32.3 Å². The molecular weight excluding hydrogens is 421 g/mol. The predicted molar refractivity (Wildman–Crippen MR) is 121 cm³/mol. The van der Waals surface area contributed by atoms with Crippen LogP contribution in [0.3, 0.4) is 0 Å². The molecule has 0 aliphatic heterocycles. The van der Waals surface area contributed by atoms with Gasteiger partial charge in [0.05, 0.1) is 12.9 Å². The van der Waals surface area contributed by atoms with Gasteiger partial charge in [0.2, 0.25) is 0 Å². The lowest BCUT2D eigenvalue weighted by molar-refractivity contribution is -0.151. The van der Waals surface area contributed by atoms with Gasteiger partial charge in [-0.25, -0.2) is 19.3 Å². The van der Waals surface area contributed by atoms with Crippen molar-refractivity contribution in [2.24, 2.45) is 11.7 Å². The van der Waals surface area contributed by atoms with Crippen LogP contribution in [0.1, 0.15) is 46.2 Å². The van der Waals surface area contributed by atoms with Crippen LogP contribution in [0, 0.1) is 11.7 Å². The number of ether oxygens (including phenoxy) is 1. The van der Waals surface area contributed by atoms with Crippen molar-refractivity contribution in [3.63, 3.8) is 0 Å². The zero-order valence-electron chi connectivity index (χ0n) is 18.4. The number of imidazole rings is 1. The largest absolute Gasteiger partial charge is 0.465 e. The highest BCUT2D eigenvalue weighted by Crippen LogP contribution is 2.37. The Morgan fingerprint density at radius 1 is 1.23 bits per heavy atom. The minimum atomic E-state index is -1.31. The molecule has 0 saturated carbocycles. The summed E-state index contributed by atoms with van der Waals surface area (Å²) in [6.07, 6.45) is 3.18. The first kappa shape index (κ1) is 24.7. The molecule has 0 radical (unpaired) electrons. The van der Waals surface area contributed by atoms with Gasteiger partial charge in [-0.15, -0.1) is 12.4 Å². The summed E-state index contributed by atoms with van der Waals surface area (Å²) in [5.74, 6) is -1.32. The van der Waals surface area contributed by atoms with Crippen LogP contribution in [0.15, 0.2) is 30.9 Å². The van der Waals surface area contributed by atoms with Gasteiger partial charge < -0.3 is 15.0 Å². The van der Waals surface area contributed by atoms with Crippen LogP contribution >= 0.6 is 12.4 Å². The van der Waals surface area contributed by atoms with Crippen LogP contribution in [0.5, 0.6) is 0 Å². The second kappa shape index (κ2) is 9.70. The van der Waals surface area contributed by atoms with Gasteiger partial charge >= 0.3 is 5.97 Å². The van der Waals surface area contributed by atoms with E-state index in [1.165, 1.54) is 12.4 Å². The number of fused-ring (bicyclic) bond motifs is 1. The normalized spacial score (nSPS) is 13.3. The van der Waals surface area contributed by atoms with E-state index < -0.39 is 17.2 Å². The molecule has 0 spiro atoms. The molecule has 2 heterocycles. The van der Waals surface area contributed by atoms with E-state index >= 15 is 4.39 Å². The third-order valence-electron chi connectivity index (χ3n) is 5.58. The average Bonchev–Trinajstić information content (AvgIpc) is 3.15. The number of aromatic nitrogens is 4. The summed E-state index contributed by atoms with van der Waals surface area (Å²) in [6, 6.07) is 4.78. The first-order chi connectivity index (χ1) is 14.3. The Labute approximate surface area is 187 Å². The Hall–Kier alpha value is -2.58. The van der Waals surface area contributed by atoms with Crippen molar-refractivity contribution < 1.29 is 13.9 Å².